The summed E-state index contributed by atoms with van der Waals surface area (Å²) in [5.41, 5.74) is 1.87. The lowest BCUT2D eigenvalue weighted by atomic mass is 9.97. The van der Waals surface area contributed by atoms with Crippen molar-refractivity contribution in [2.45, 2.75) is 13.3 Å². The van der Waals surface area contributed by atoms with E-state index >= 15 is 0 Å². The molecule has 0 spiro atoms. The molecule has 3 nitrogen and oxygen atoms in total. The average molecular weight is 314 g/mol. The van der Waals surface area contributed by atoms with Gasteiger partial charge in [0.2, 0.25) is 0 Å². The molecule has 1 aliphatic heterocycles. The first-order valence-corrected chi connectivity index (χ1v) is 7.44. The molecule has 0 fully saturated rings. The summed E-state index contributed by atoms with van der Waals surface area (Å²) in [7, 11) is 0. The average Bonchev–Trinajstić information content (AvgIpc) is 2.57. The zero-order valence-electron chi connectivity index (χ0n) is 12.7. The monoisotopic (exact) mass is 314 g/mol. The lowest BCUT2D eigenvalue weighted by Crippen LogP contribution is -2.36. The van der Waals surface area contributed by atoms with Crippen LogP contribution >= 0.6 is 0 Å². The van der Waals surface area contributed by atoms with Crippen molar-refractivity contribution in [3.63, 3.8) is 0 Å². The fourth-order valence-corrected chi connectivity index (χ4v) is 2.63. The first-order chi connectivity index (χ1) is 11.0. The minimum absolute atomic E-state index is 0.0918. The molecule has 5 heteroatoms. The fourth-order valence-electron chi connectivity index (χ4n) is 2.63. The lowest BCUT2D eigenvalue weighted by Gasteiger charge is -2.28. The van der Waals surface area contributed by atoms with Crippen molar-refractivity contribution in [1.82, 2.24) is 5.01 Å². The van der Waals surface area contributed by atoms with Crippen molar-refractivity contribution in [1.29, 1.82) is 0 Å². The predicted octanol–water partition coefficient (Wildman–Crippen LogP) is 3.85. The third-order valence-electron chi connectivity index (χ3n) is 3.78. The van der Waals surface area contributed by atoms with Crippen LogP contribution in [0.15, 0.2) is 53.6 Å². The van der Waals surface area contributed by atoms with E-state index in [4.69, 9.17) is 0 Å². The number of amides is 1. The standard InChI is InChI=1S/C18H16F2N2O/c1-12-9-17(13-5-3-2-4-6-13)21-22(11-12)18(23)14-7-8-15(19)16(20)10-14/h2-8,10,12H,9,11H2,1H3/t12-/m1/s1. The van der Waals surface area contributed by atoms with Crippen LogP contribution in [0.25, 0.3) is 0 Å². The summed E-state index contributed by atoms with van der Waals surface area (Å²) in [4.78, 5) is 12.5. The van der Waals surface area contributed by atoms with Crippen LogP contribution in [0.2, 0.25) is 0 Å². The Kier molecular flexibility index (Phi) is 4.19. The molecule has 118 valence electrons. The summed E-state index contributed by atoms with van der Waals surface area (Å²) in [5, 5.41) is 5.75. The molecule has 2 aromatic carbocycles. The molecule has 1 aliphatic rings. The van der Waals surface area contributed by atoms with Gasteiger partial charge in [-0.2, -0.15) is 5.10 Å². The first kappa shape index (κ1) is 15.3. The third-order valence-corrected chi connectivity index (χ3v) is 3.78. The van der Waals surface area contributed by atoms with Gasteiger partial charge >= 0.3 is 0 Å². The largest absolute Gasteiger partial charge is 0.274 e. The van der Waals surface area contributed by atoms with Gasteiger partial charge in [-0.1, -0.05) is 37.3 Å². The molecule has 0 radical (unpaired) electrons. The minimum Gasteiger partial charge on any atom is -0.267 e. The number of hydrogen-bond donors (Lipinski definition) is 0. The molecule has 0 N–H and O–H groups in total. The van der Waals surface area contributed by atoms with Gasteiger partial charge in [0.15, 0.2) is 11.6 Å². The van der Waals surface area contributed by atoms with Gasteiger partial charge in [-0.3, -0.25) is 4.79 Å². The quantitative estimate of drug-likeness (QED) is 0.828. The second-order valence-corrected chi connectivity index (χ2v) is 5.74. The number of benzene rings is 2. The Morgan fingerprint density at radius 2 is 1.87 bits per heavy atom. The molecule has 0 bridgehead atoms. The van der Waals surface area contributed by atoms with Gasteiger partial charge < -0.3 is 0 Å². The highest BCUT2D eigenvalue weighted by Gasteiger charge is 2.25. The summed E-state index contributed by atoms with van der Waals surface area (Å²) in [6.45, 7) is 2.48. The highest BCUT2D eigenvalue weighted by molar-refractivity contribution is 6.03. The molecular formula is C18H16F2N2O. The SMILES string of the molecule is C[C@@H]1CC(c2ccccc2)=NN(C(=O)c2ccc(F)c(F)c2)C1. The summed E-state index contributed by atoms with van der Waals surface area (Å²) in [5.74, 6) is -2.20. The van der Waals surface area contributed by atoms with E-state index in [1.165, 1.54) is 11.1 Å². The van der Waals surface area contributed by atoms with E-state index in [0.717, 1.165) is 29.8 Å². The topological polar surface area (TPSA) is 32.7 Å². The van der Waals surface area contributed by atoms with Crippen molar-refractivity contribution >= 4 is 11.6 Å². The van der Waals surface area contributed by atoms with E-state index in [1.807, 2.05) is 37.3 Å². The molecule has 23 heavy (non-hydrogen) atoms. The predicted molar refractivity (Wildman–Crippen MR) is 84.2 cm³/mol. The van der Waals surface area contributed by atoms with E-state index < -0.39 is 17.5 Å². The maximum absolute atomic E-state index is 13.3. The van der Waals surface area contributed by atoms with Crippen LogP contribution in [0.5, 0.6) is 0 Å². The van der Waals surface area contributed by atoms with Crippen molar-refractivity contribution in [3.8, 4) is 0 Å². The van der Waals surface area contributed by atoms with Gasteiger partial charge in [0.05, 0.1) is 5.71 Å². The van der Waals surface area contributed by atoms with E-state index in [1.54, 1.807) is 0 Å². The van der Waals surface area contributed by atoms with Crippen LogP contribution < -0.4 is 0 Å². The molecule has 0 unspecified atom stereocenters. The molecule has 3 rings (SSSR count). The van der Waals surface area contributed by atoms with Crippen LogP contribution in [0.4, 0.5) is 8.78 Å². The van der Waals surface area contributed by atoms with E-state index in [2.05, 4.69) is 5.10 Å². The van der Waals surface area contributed by atoms with Crippen LogP contribution in [-0.4, -0.2) is 23.2 Å². The van der Waals surface area contributed by atoms with Crippen molar-refractivity contribution < 1.29 is 13.6 Å². The van der Waals surface area contributed by atoms with Crippen molar-refractivity contribution in [2.24, 2.45) is 11.0 Å². The number of halogens is 2. The summed E-state index contributed by atoms with van der Waals surface area (Å²) < 4.78 is 26.4. The molecule has 1 atom stereocenters. The Bertz CT molecular complexity index is 759. The van der Waals surface area contributed by atoms with Gasteiger partial charge in [-0.05, 0) is 36.1 Å². The van der Waals surface area contributed by atoms with Gasteiger partial charge in [0.1, 0.15) is 0 Å². The maximum Gasteiger partial charge on any atom is 0.274 e. The fraction of sp³-hybridized carbons (Fsp3) is 0.222. The van der Waals surface area contributed by atoms with Crippen LogP contribution in [-0.2, 0) is 0 Å². The van der Waals surface area contributed by atoms with Crippen LogP contribution in [0.1, 0.15) is 29.3 Å². The molecule has 1 heterocycles. The summed E-state index contributed by atoms with van der Waals surface area (Å²) in [6, 6.07) is 12.8. The Labute approximate surface area is 133 Å². The summed E-state index contributed by atoms with van der Waals surface area (Å²) >= 11 is 0. The zero-order chi connectivity index (χ0) is 16.4. The Balaban J connectivity index is 1.91. The molecular weight excluding hydrogens is 298 g/mol. The first-order valence-electron chi connectivity index (χ1n) is 7.44. The molecule has 1 amide bonds. The highest BCUT2D eigenvalue weighted by Crippen LogP contribution is 2.21. The molecule has 0 saturated heterocycles. The van der Waals surface area contributed by atoms with Gasteiger partial charge in [-0.25, -0.2) is 13.8 Å². The van der Waals surface area contributed by atoms with Crippen LogP contribution in [0, 0.1) is 17.6 Å². The molecule has 0 aliphatic carbocycles. The van der Waals surface area contributed by atoms with Crippen molar-refractivity contribution in [2.75, 3.05) is 6.54 Å². The number of carbonyl (C=O) groups excluding carboxylic acids is 1. The minimum atomic E-state index is -1.03. The number of rotatable bonds is 2. The maximum atomic E-state index is 13.3. The smallest absolute Gasteiger partial charge is 0.267 e. The van der Waals surface area contributed by atoms with E-state index in [0.29, 0.717) is 6.54 Å². The lowest BCUT2D eigenvalue weighted by molar-refractivity contribution is 0.0726. The Hall–Kier alpha value is -2.56. The number of hydrazone groups is 1. The van der Waals surface area contributed by atoms with Gasteiger partial charge in [0, 0.05) is 12.1 Å². The summed E-state index contributed by atoms with van der Waals surface area (Å²) in [6.07, 6.45) is 0.769. The third kappa shape index (κ3) is 3.28. The molecule has 0 saturated carbocycles. The van der Waals surface area contributed by atoms with Crippen molar-refractivity contribution in [3.05, 3.63) is 71.3 Å². The number of nitrogens with zero attached hydrogens (tertiary/aromatic N) is 2. The van der Waals surface area contributed by atoms with Crippen LogP contribution in [0.3, 0.4) is 0 Å². The Morgan fingerprint density at radius 1 is 1.13 bits per heavy atom. The Morgan fingerprint density at radius 3 is 2.57 bits per heavy atom. The zero-order valence-corrected chi connectivity index (χ0v) is 12.7. The van der Waals surface area contributed by atoms with Gasteiger partial charge in [0.25, 0.3) is 5.91 Å². The van der Waals surface area contributed by atoms with E-state index in [9.17, 15) is 13.6 Å². The second kappa shape index (κ2) is 6.28. The highest BCUT2D eigenvalue weighted by atomic mass is 19.2. The van der Waals surface area contributed by atoms with Gasteiger partial charge in [-0.15, -0.1) is 0 Å². The second-order valence-electron chi connectivity index (χ2n) is 5.74. The molecule has 0 aromatic heterocycles. The normalized spacial score (nSPS) is 17.8. The molecule has 2 aromatic rings. The number of hydrogen-bond acceptors (Lipinski definition) is 2. The number of carbonyl (C=O) groups is 1. The van der Waals surface area contributed by atoms with E-state index in [-0.39, 0.29) is 11.5 Å².